The highest BCUT2D eigenvalue weighted by atomic mass is 28.4. The number of rotatable bonds is 4. The van der Waals surface area contributed by atoms with Gasteiger partial charge in [0.25, 0.3) is 0 Å². The van der Waals surface area contributed by atoms with Crippen molar-refractivity contribution in [3.05, 3.63) is 35.9 Å². The molecule has 4 heteroatoms. The summed E-state index contributed by atoms with van der Waals surface area (Å²) in [7, 11) is -1.92. The van der Waals surface area contributed by atoms with E-state index < -0.39 is 19.9 Å². The van der Waals surface area contributed by atoms with E-state index in [0.29, 0.717) is 5.56 Å². The van der Waals surface area contributed by atoms with Crippen molar-refractivity contribution in [3.63, 3.8) is 0 Å². The van der Waals surface area contributed by atoms with E-state index in [2.05, 4.69) is 0 Å². The van der Waals surface area contributed by atoms with Gasteiger partial charge in [-0.2, -0.15) is 0 Å². The highest BCUT2D eigenvalue weighted by Gasteiger charge is 2.40. The summed E-state index contributed by atoms with van der Waals surface area (Å²) in [5.41, 5.74) is -0.559. The molecular formula is C12H18O3Si. The molecule has 1 atom stereocenters. The lowest BCUT2D eigenvalue weighted by atomic mass is 9.97. The van der Waals surface area contributed by atoms with Crippen LogP contribution in [0, 0.1) is 0 Å². The van der Waals surface area contributed by atoms with Crippen LogP contribution in [-0.2, 0) is 14.8 Å². The van der Waals surface area contributed by atoms with Crippen LogP contribution >= 0.6 is 0 Å². The van der Waals surface area contributed by atoms with Crippen LogP contribution in [-0.4, -0.2) is 19.4 Å². The summed E-state index contributed by atoms with van der Waals surface area (Å²) in [6, 6.07) is 9.08. The molecule has 0 aliphatic carbocycles. The van der Waals surface area contributed by atoms with Gasteiger partial charge in [-0.1, -0.05) is 30.3 Å². The zero-order chi connectivity index (χ0) is 12.4. The Morgan fingerprint density at radius 1 is 1.25 bits per heavy atom. The average Bonchev–Trinajstić information content (AvgIpc) is 2.16. The molecule has 1 rings (SSSR count). The Morgan fingerprint density at radius 2 is 1.75 bits per heavy atom. The topological polar surface area (TPSA) is 46.5 Å². The van der Waals surface area contributed by atoms with Crippen LogP contribution in [0.1, 0.15) is 12.5 Å². The van der Waals surface area contributed by atoms with E-state index in [-0.39, 0.29) is 0 Å². The molecule has 0 radical (unpaired) electrons. The Hall–Kier alpha value is -1.13. The Bertz CT molecular complexity index is 370. The summed E-state index contributed by atoms with van der Waals surface area (Å²) in [6.07, 6.45) is 0. The van der Waals surface area contributed by atoms with Crippen LogP contribution in [0.4, 0.5) is 0 Å². The molecule has 1 N–H and O–H groups in total. The first-order chi connectivity index (χ1) is 7.26. The van der Waals surface area contributed by atoms with Crippen LogP contribution in [0.5, 0.6) is 0 Å². The number of carboxylic acids is 1. The van der Waals surface area contributed by atoms with Crippen molar-refractivity contribution in [2.75, 3.05) is 0 Å². The van der Waals surface area contributed by atoms with Gasteiger partial charge in [0.1, 0.15) is 0 Å². The fourth-order valence-corrected chi connectivity index (χ4v) is 3.02. The number of benzene rings is 1. The van der Waals surface area contributed by atoms with E-state index in [1.54, 1.807) is 19.1 Å². The van der Waals surface area contributed by atoms with Crippen molar-refractivity contribution in [1.29, 1.82) is 0 Å². The summed E-state index contributed by atoms with van der Waals surface area (Å²) in [5, 5.41) is 9.35. The first-order valence-electron chi connectivity index (χ1n) is 5.25. The predicted octanol–water partition coefficient (Wildman–Crippen LogP) is 2.84. The summed E-state index contributed by atoms with van der Waals surface area (Å²) in [6.45, 7) is 7.56. The quantitative estimate of drug-likeness (QED) is 0.820. The number of hydrogen-bond donors (Lipinski definition) is 1. The fourth-order valence-electron chi connectivity index (χ4n) is 1.59. The normalized spacial score (nSPS) is 15.5. The average molecular weight is 238 g/mol. The Labute approximate surface area is 97.2 Å². The molecule has 88 valence electrons. The summed E-state index contributed by atoms with van der Waals surface area (Å²) in [4.78, 5) is 11.4. The monoisotopic (exact) mass is 238 g/mol. The smallest absolute Gasteiger partial charge is 0.339 e. The third-order valence-corrected chi connectivity index (χ3v) is 3.26. The molecular weight excluding hydrogens is 220 g/mol. The molecule has 1 aromatic carbocycles. The second kappa shape index (κ2) is 4.39. The standard InChI is InChI=1S/C12H18O3Si/c1-12(11(13)14,15-16(2,3)4)10-8-6-5-7-9-10/h5-9H,1-4H3,(H,13,14)/t12-/m1/s1. The van der Waals surface area contributed by atoms with Gasteiger partial charge >= 0.3 is 5.97 Å². The summed E-state index contributed by atoms with van der Waals surface area (Å²) >= 11 is 0. The molecule has 0 aromatic heterocycles. The molecule has 0 fully saturated rings. The van der Waals surface area contributed by atoms with Crippen molar-refractivity contribution in [2.45, 2.75) is 32.2 Å². The van der Waals surface area contributed by atoms with Gasteiger partial charge in [-0.15, -0.1) is 0 Å². The van der Waals surface area contributed by atoms with Gasteiger partial charge in [-0.25, -0.2) is 4.79 Å². The maximum absolute atomic E-state index is 11.4. The van der Waals surface area contributed by atoms with Crippen molar-refractivity contribution < 1.29 is 14.3 Å². The number of carboxylic acid groups (broad SMARTS) is 1. The second-order valence-corrected chi connectivity index (χ2v) is 9.35. The van der Waals surface area contributed by atoms with Crippen LogP contribution in [0.3, 0.4) is 0 Å². The predicted molar refractivity (Wildman–Crippen MR) is 65.9 cm³/mol. The second-order valence-electron chi connectivity index (χ2n) is 4.92. The molecule has 0 unspecified atom stereocenters. The minimum Gasteiger partial charge on any atom is -0.479 e. The van der Waals surface area contributed by atoms with E-state index in [4.69, 9.17) is 4.43 Å². The van der Waals surface area contributed by atoms with Crippen LogP contribution in [0.2, 0.25) is 19.6 Å². The molecule has 1 aromatic rings. The van der Waals surface area contributed by atoms with E-state index >= 15 is 0 Å². The van der Waals surface area contributed by atoms with Crippen LogP contribution in [0.25, 0.3) is 0 Å². The highest BCUT2D eigenvalue weighted by Crippen LogP contribution is 2.29. The molecule has 0 amide bonds. The maximum Gasteiger partial charge on any atom is 0.339 e. The first-order valence-corrected chi connectivity index (χ1v) is 8.65. The third-order valence-electron chi connectivity index (χ3n) is 2.24. The molecule has 16 heavy (non-hydrogen) atoms. The Morgan fingerprint density at radius 3 is 2.12 bits per heavy atom. The van der Waals surface area contributed by atoms with Gasteiger partial charge in [0.2, 0.25) is 0 Å². The zero-order valence-corrected chi connectivity index (χ0v) is 11.2. The molecule has 3 nitrogen and oxygen atoms in total. The van der Waals surface area contributed by atoms with Gasteiger partial charge in [0.15, 0.2) is 13.9 Å². The maximum atomic E-state index is 11.4. The first kappa shape index (κ1) is 12.9. The number of hydrogen-bond acceptors (Lipinski definition) is 2. The number of aliphatic carboxylic acids is 1. The molecule has 0 heterocycles. The SMILES string of the molecule is C[C@](O[Si](C)(C)C)(C(=O)O)c1ccccc1. The van der Waals surface area contributed by atoms with Crippen molar-refractivity contribution in [3.8, 4) is 0 Å². The van der Waals surface area contributed by atoms with Gasteiger partial charge in [-0.3, -0.25) is 0 Å². The minimum atomic E-state index is -1.92. The van der Waals surface area contributed by atoms with Gasteiger partial charge in [0.05, 0.1) is 0 Å². The van der Waals surface area contributed by atoms with Gasteiger partial charge in [0, 0.05) is 0 Å². The van der Waals surface area contributed by atoms with E-state index in [1.807, 2.05) is 37.8 Å². The van der Waals surface area contributed by atoms with Gasteiger partial charge in [-0.05, 0) is 32.1 Å². The number of carbonyl (C=O) groups is 1. The third kappa shape index (κ3) is 2.93. The molecule has 0 saturated heterocycles. The molecule has 0 spiro atoms. The van der Waals surface area contributed by atoms with E-state index in [9.17, 15) is 9.90 Å². The molecule has 0 aliphatic heterocycles. The Balaban J connectivity index is 3.13. The van der Waals surface area contributed by atoms with Crippen molar-refractivity contribution in [1.82, 2.24) is 0 Å². The van der Waals surface area contributed by atoms with Gasteiger partial charge < -0.3 is 9.53 Å². The van der Waals surface area contributed by atoms with Crippen LogP contribution < -0.4 is 0 Å². The van der Waals surface area contributed by atoms with Crippen molar-refractivity contribution in [2.24, 2.45) is 0 Å². The summed E-state index contributed by atoms with van der Waals surface area (Å²) < 4.78 is 5.81. The molecule has 0 bridgehead atoms. The van der Waals surface area contributed by atoms with E-state index in [0.717, 1.165) is 0 Å². The minimum absolute atomic E-state index is 0.685. The molecule has 0 aliphatic rings. The molecule has 0 saturated carbocycles. The largest absolute Gasteiger partial charge is 0.479 e. The fraction of sp³-hybridized carbons (Fsp3) is 0.417. The lowest BCUT2D eigenvalue weighted by Crippen LogP contribution is -2.44. The summed E-state index contributed by atoms with van der Waals surface area (Å²) in [5.74, 6) is -0.943. The lowest BCUT2D eigenvalue weighted by molar-refractivity contribution is -0.155. The highest BCUT2D eigenvalue weighted by molar-refractivity contribution is 6.70. The van der Waals surface area contributed by atoms with E-state index in [1.165, 1.54) is 0 Å². The zero-order valence-electron chi connectivity index (χ0n) is 10.2. The lowest BCUT2D eigenvalue weighted by Gasteiger charge is -2.32. The van der Waals surface area contributed by atoms with Crippen LogP contribution in [0.15, 0.2) is 30.3 Å². The Kier molecular flexibility index (Phi) is 3.55. The van der Waals surface area contributed by atoms with Crippen molar-refractivity contribution >= 4 is 14.3 Å².